The third kappa shape index (κ3) is 2.89. The van der Waals surface area contributed by atoms with Crippen LogP contribution in [0, 0.1) is 0 Å². The highest BCUT2D eigenvalue weighted by Gasteiger charge is 2.18. The molecule has 7 heteroatoms. The maximum atomic E-state index is 12.7. The zero-order chi connectivity index (χ0) is 18.3. The Labute approximate surface area is 157 Å². The Bertz CT molecular complexity index is 1290. The van der Waals surface area contributed by atoms with Crippen LogP contribution in [0.15, 0.2) is 85.3 Å². The van der Waals surface area contributed by atoms with E-state index in [-0.39, 0.29) is 21.6 Å². The Balaban J connectivity index is 1.89. The van der Waals surface area contributed by atoms with Crippen LogP contribution in [0.3, 0.4) is 0 Å². The van der Waals surface area contributed by atoms with Crippen molar-refractivity contribution >= 4 is 53.6 Å². The van der Waals surface area contributed by atoms with Gasteiger partial charge in [-0.3, -0.25) is 9.52 Å². The molecule has 1 aromatic heterocycles. The summed E-state index contributed by atoms with van der Waals surface area (Å²) in [5, 5.41) is 0.771. The minimum atomic E-state index is -3.82. The third-order valence-corrected chi connectivity index (χ3v) is 5.88. The van der Waals surface area contributed by atoms with E-state index in [1.807, 2.05) is 0 Å². The van der Waals surface area contributed by atoms with E-state index < -0.39 is 10.0 Å². The van der Waals surface area contributed by atoms with Gasteiger partial charge in [0.15, 0.2) is 5.58 Å². The maximum Gasteiger partial charge on any atom is 0.262 e. The number of hydrogen-bond acceptors (Lipinski definition) is 4. The Kier molecular flexibility index (Phi) is 4.05. The van der Waals surface area contributed by atoms with Gasteiger partial charge in [-0.15, -0.1) is 0 Å². The predicted molar refractivity (Wildman–Crippen MR) is 105 cm³/mol. The number of benzene rings is 3. The van der Waals surface area contributed by atoms with Crippen molar-refractivity contribution in [1.82, 2.24) is 0 Å². The molecule has 0 atom stereocenters. The first-order valence-electron chi connectivity index (χ1n) is 7.69. The monoisotopic (exact) mass is 429 g/mol. The number of anilines is 1. The summed E-state index contributed by atoms with van der Waals surface area (Å²) in [6, 6.07) is 17.9. The van der Waals surface area contributed by atoms with E-state index in [9.17, 15) is 13.2 Å². The molecule has 0 radical (unpaired) electrons. The van der Waals surface area contributed by atoms with Gasteiger partial charge >= 0.3 is 0 Å². The molecule has 0 unspecified atom stereocenters. The normalized spacial score (nSPS) is 11.7. The van der Waals surface area contributed by atoms with Crippen LogP contribution in [0.1, 0.15) is 0 Å². The summed E-state index contributed by atoms with van der Waals surface area (Å²) < 4.78 is 34.4. The quantitative estimate of drug-likeness (QED) is 0.486. The maximum absolute atomic E-state index is 12.7. The number of sulfonamides is 1. The molecule has 26 heavy (non-hydrogen) atoms. The van der Waals surface area contributed by atoms with Crippen LogP contribution < -0.4 is 10.2 Å². The first kappa shape index (κ1) is 16.8. The van der Waals surface area contributed by atoms with E-state index >= 15 is 0 Å². The van der Waals surface area contributed by atoms with Crippen molar-refractivity contribution in [2.75, 3.05) is 4.72 Å². The van der Waals surface area contributed by atoms with Crippen molar-refractivity contribution in [3.8, 4) is 0 Å². The summed E-state index contributed by atoms with van der Waals surface area (Å²) in [4.78, 5) is 12.8. The lowest BCUT2D eigenvalue weighted by atomic mass is 10.1. The second-order valence-electron chi connectivity index (χ2n) is 5.67. The number of fused-ring (bicyclic) bond motifs is 2. The Morgan fingerprint density at radius 2 is 1.54 bits per heavy atom. The Morgan fingerprint density at radius 3 is 2.31 bits per heavy atom. The molecule has 0 aliphatic heterocycles. The molecule has 1 heterocycles. The fraction of sp³-hybridized carbons (Fsp3) is 0. The van der Waals surface area contributed by atoms with Crippen LogP contribution in [-0.4, -0.2) is 8.42 Å². The van der Waals surface area contributed by atoms with E-state index in [0.29, 0.717) is 16.4 Å². The standard InChI is InChI=1S/C19H12BrNO4S/c20-12-8-10-13(11-9-12)26(23,24)21-16-6-3-5-15-18(22)14-4-1-2-7-17(14)25-19(15)16/h1-11,21H. The lowest BCUT2D eigenvalue weighted by molar-refractivity contribution is 0.600. The molecule has 0 saturated carbocycles. The topological polar surface area (TPSA) is 76.4 Å². The third-order valence-electron chi connectivity index (χ3n) is 3.97. The summed E-state index contributed by atoms with van der Waals surface area (Å²) >= 11 is 3.28. The van der Waals surface area contributed by atoms with Gasteiger partial charge in [-0.25, -0.2) is 8.42 Å². The van der Waals surface area contributed by atoms with Gasteiger partial charge in [0.25, 0.3) is 10.0 Å². The van der Waals surface area contributed by atoms with E-state index in [1.165, 1.54) is 12.1 Å². The number of hydrogen-bond donors (Lipinski definition) is 1. The smallest absolute Gasteiger partial charge is 0.262 e. The zero-order valence-electron chi connectivity index (χ0n) is 13.3. The Hall–Kier alpha value is -2.64. The zero-order valence-corrected chi connectivity index (χ0v) is 15.7. The fourth-order valence-electron chi connectivity index (χ4n) is 2.72. The van der Waals surface area contributed by atoms with E-state index in [2.05, 4.69) is 20.7 Å². The van der Waals surface area contributed by atoms with E-state index in [1.54, 1.807) is 54.6 Å². The van der Waals surface area contributed by atoms with E-state index in [0.717, 1.165) is 4.47 Å². The molecule has 4 aromatic rings. The highest BCUT2D eigenvalue weighted by molar-refractivity contribution is 9.10. The average Bonchev–Trinajstić information content (AvgIpc) is 2.63. The molecular weight excluding hydrogens is 418 g/mol. The summed E-state index contributed by atoms with van der Waals surface area (Å²) in [6.45, 7) is 0. The fourth-order valence-corrected chi connectivity index (χ4v) is 4.05. The van der Waals surface area contributed by atoms with Crippen molar-refractivity contribution in [2.45, 2.75) is 4.90 Å². The molecule has 0 aliphatic carbocycles. The summed E-state index contributed by atoms with van der Waals surface area (Å²) in [5.41, 5.74) is 0.622. The molecule has 0 aliphatic rings. The van der Waals surface area contributed by atoms with Gasteiger partial charge in [-0.2, -0.15) is 0 Å². The van der Waals surface area contributed by atoms with Crippen LogP contribution in [0.2, 0.25) is 0 Å². The number of rotatable bonds is 3. The van der Waals surface area contributed by atoms with Crippen molar-refractivity contribution in [3.63, 3.8) is 0 Å². The molecule has 1 N–H and O–H groups in total. The largest absolute Gasteiger partial charge is 0.454 e. The molecule has 0 spiro atoms. The van der Waals surface area contributed by atoms with Gasteiger partial charge < -0.3 is 4.42 Å². The van der Waals surface area contributed by atoms with Crippen LogP contribution in [0.25, 0.3) is 21.9 Å². The number of para-hydroxylation sites is 2. The molecule has 0 amide bonds. The highest BCUT2D eigenvalue weighted by Crippen LogP contribution is 2.27. The first-order chi connectivity index (χ1) is 12.5. The number of halogens is 1. The second kappa shape index (κ2) is 6.26. The van der Waals surface area contributed by atoms with Crippen LogP contribution in [0.5, 0.6) is 0 Å². The molecular formula is C19H12BrNO4S. The second-order valence-corrected chi connectivity index (χ2v) is 8.27. The van der Waals surface area contributed by atoms with E-state index in [4.69, 9.17) is 4.42 Å². The summed E-state index contributed by atoms with van der Waals surface area (Å²) in [7, 11) is -3.82. The molecule has 0 fully saturated rings. The van der Waals surface area contributed by atoms with Crippen molar-refractivity contribution < 1.29 is 12.8 Å². The van der Waals surface area contributed by atoms with Crippen LogP contribution >= 0.6 is 15.9 Å². The minimum absolute atomic E-state index is 0.112. The summed E-state index contributed by atoms with van der Waals surface area (Å²) in [6.07, 6.45) is 0. The van der Waals surface area contributed by atoms with Gasteiger partial charge in [0.1, 0.15) is 5.58 Å². The highest BCUT2D eigenvalue weighted by atomic mass is 79.9. The van der Waals surface area contributed by atoms with Gasteiger partial charge in [-0.1, -0.05) is 34.1 Å². The van der Waals surface area contributed by atoms with Crippen LogP contribution in [-0.2, 0) is 10.0 Å². The van der Waals surface area contributed by atoms with Crippen LogP contribution in [0.4, 0.5) is 5.69 Å². The predicted octanol–water partition coefficient (Wildman–Crippen LogP) is 4.51. The molecule has 130 valence electrons. The molecule has 0 bridgehead atoms. The Morgan fingerprint density at radius 1 is 0.846 bits per heavy atom. The first-order valence-corrected chi connectivity index (χ1v) is 9.96. The molecule has 5 nitrogen and oxygen atoms in total. The van der Waals surface area contributed by atoms with Gasteiger partial charge in [0, 0.05) is 4.47 Å². The van der Waals surface area contributed by atoms with Crippen molar-refractivity contribution in [3.05, 3.63) is 81.4 Å². The number of nitrogens with one attached hydrogen (secondary N) is 1. The van der Waals surface area contributed by atoms with Gasteiger partial charge in [0.05, 0.1) is 21.4 Å². The molecule has 3 aromatic carbocycles. The summed E-state index contributed by atoms with van der Waals surface area (Å²) in [5.74, 6) is 0. The van der Waals surface area contributed by atoms with Crippen molar-refractivity contribution in [1.29, 1.82) is 0 Å². The van der Waals surface area contributed by atoms with Gasteiger partial charge in [-0.05, 0) is 48.5 Å². The lowest BCUT2D eigenvalue weighted by Crippen LogP contribution is -2.14. The van der Waals surface area contributed by atoms with Gasteiger partial charge in [0.2, 0.25) is 5.43 Å². The average molecular weight is 430 g/mol. The SMILES string of the molecule is O=c1c2ccccc2oc2c(NS(=O)(=O)c3ccc(Br)cc3)cccc12. The van der Waals surface area contributed by atoms with Crippen molar-refractivity contribution in [2.24, 2.45) is 0 Å². The molecule has 0 saturated heterocycles. The lowest BCUT2D eigenvalue weighted by Gasteiger charge is -2.10. The molecule has 4 rings (SSSR count). The minimum Gasteiger partial charge on any atom is -0.454 e.